The van der Waals surface area contributed by atoms with Gasteiger partial charge in [-0.2, -0.15) is 0 Å². The van der Waals surface area contributed by atoms with Gasteiger partial charge in [-0.3, -0.25) is 9.78 Å². The zero-order valence-electron chi connectivity index (χ0n) is 11.0. The van der Waals surface area contributed by atoms with Gasteiger partial charge in [-0.05, 0) is 24.3 Å². The largest absolute Gasteiger partial charge is 0.508 e. The maximum absolute atomic E-state index is 11.8. The summed E-state index contributed by atoms with van der Waals surface area (Å²) in [4.78, 5) is 15.7. The number of nitrogens with zero attached hydrogens (tertiary/aromatic N) is 1. The van der Waals surface area contributed by atoms with E-state index >= 15 is 0 Å². The molecule has 0 atom stereocenters. The first-order valence-electron chi connectivity index (χ1n) is 6.00. The third-order valence-electron chi connectivity index (χ3n) is 2.57. The van der Waals surface area contributed by atoms with Crippen LogP contribution in [0, 0.1) is 0 Å². The van der Waals surface area contributed by atoms with Gasteiger partial charge >= 0.3 is 0 Å². The molecule has 1 heterocycles. The molecule has 2 rings (SSSR count). The zero-order valence-corrected chi connectivity index (χ0v) is 11.0. The number of ether oxygens (including phenoxy) is 1. The fourth-order valence-corrected chi connectivity index (χ4v) is 1.65. The molecule has 3 N–H and O–H groups in total. The second-order valence-corrected chi connectivity index (χ2v) is 4.03. The topological polar surface area (TPSA) is 83.5 Å². The van der Waals surface area contributed by atoms with Gasteiger partial charge in [0.05, 0.1) is 31.2 Å². The second kappa shape index (κ2) is 6.42. The van der Waals surface area contributed by atoms with Crippen LogP contribution in [-0.4, -0.2) is 29.7 Å². The molecule has 0 spiro atoms. The number of anilines is 2. The van der Waals surface area contributed by atoms with Crippen molar-refractivity contribution in [1.82, 2.24) is 4.98 Å². The highest BCUT2D eigenvalue weighted by molar-refractivity contribution is 5.93. The number of hydrogen-bond acceptors (Lipinski definition) is 5. The summed E-state index contributed by atoms with van der Waals surface area (Å²) in [6.45, 7) is 0.0503. The number of benzene rings is 1. The Morgan fingerprint density at radius 3 is 2.95 bits per heavy atom. The van der Waals surface area contributed by atoms with E-state index in [1.807, 2.05) is 0 Å². The number of pyridine rings is 1. The van der Waals surface area contributed by atoms with E-state index in [4.69, 9.17) is 4.74 Å². The van der Waals surface area contributed by atoms with Gasteiger partial charge in [-0.25, -0.2) is 0 Å². The number of methoxy groups -OCH3 is 1. The highest BCUT2D eigenvalue weighted by Crippen LogP contribution is 2.27. The molecule has 2 aromatic rings. The minimum atomic E-state index is -0.219. The predicted octanol–water partition coefficient (Wildman–Crippen LogP) is 1.85. The monoisotopic (exact) mass is 273 g/mol. The van der Waals surface area contributed by atoms with Crippen molar-refractivity contribution in [3.63, 3.8) is 0 Å². The predicted molar refractivity (Wildman–Crippen MR) is 76.0 cm³/mol. The van der Waals surface area contributed by atoms with E-state index in [0.717, 1.165) is 0 Å². The Kier molecular flexibility index (Phi) is 4.39. The van der Waals surface area contributed by atoms with Crippen molar-refractivity contribution in [3.8, 4) is 11.5 Å². The molecule has 0 aliphatic carbocycles. The zero-order chi connectivity index (χ0) is 14.4. The minimum Gasteiger partial charge on any atom is -0.508 e. The van der Waals surface area contributed by atoms with Crippen LogP contribution in [0.25, 0.3) is 0 Å². The number of carbonyl (C=O) groups is 1. The summed E-state index contributed by atoms with van der Waals surface area (Å²) in [6.07, 6.45) is 3.19. The summed E-state index contributed by atoms with van der Waals surface area (Å²) in [5, 5.41) is 15.0. The molecule has 0 radical (unpaired) electrons. The van der Waals surface area contributed by atoms with E-state index in [1.54, 1.807) is 30.6 Å². The average molecular weight is 273 g/mol. The number of nitrogens with one attached hydrogen (secondary N) is 2. The van der Waals surface area contributed by atoms with Gasteiger partial charge in [0.2, 0.25) is 5.91 Å². The Hall–Kier alpha value is -2.76. The number of amides is 1. The molecule has 0 saturated carbocycles. The minimum absolute atomic E-state index is 0.0503. The number of hydrogen-bond donors (Lipinski definition) is 3. The molecule has 104 valence electrons. The van der Waals surface area contributed by atoms with Gasteiger partial charge in [0.1, 0.15) is 11.5 Å². The van der Waals surface area contributed by atoms with Crippen molar-refractivity contribution in [2.45, 2.75) is 0 Å². The molecule has 0 fully saturated rings. The van der Waals surface area contributed by atoms with E-state index in [9.17, 15) is 9.90 Å². The van der Waals surface area contributed by atoms with Crippen LogP contribution < -0.4 is 15.4 Å². The highest BCUT2D eigenvalue weighted by Gasteiger charge is 2.07. The van der Waals surface area contributed by atoms with Crippen molar-refractivity contribution in [2.24, 2.45) is 0 Å². The summed E-state index contributed by atoms with van der Waals surface area (Å²) >= 11 is 0. The highest BCUT2D eigenvalue weighted by atomic mass is 16.5. The lowest BCUT2D eigenvalue weighted by Gasteiger charge is -2.11. The fourth-order valence-electron chi connectivity index (χ4n) is 1.65. The number of phenolic OH excluding ortho intramolecular Hbond substituents is 1. The van der Waals surface area contributed by atoms with Gasteiger partial charge in [-0.15, -0.1) is 0 Å². The molecule has 1 aromatic heterocycles. The van der Waals surface area contributed by atoms with Gasteiger partial charge in [0.15, 0.2) is 0 Å². The van der Waals surface area contributed by atoms with Crippen LogP contribution in [0.1, 0.15) is 0 Å². The summed E-state index contributed by atoms with van der Waals surface area (Å²) < 4.78 is 5.14. The number of phenols is 1. The van der Waals surface area contributed by atoms with E-state index in [1.165, 1.54) is 19.2 Å². The number of rotatable bonds is 5. The fraction of sp³-hybridized carbons (Fsp3) is 0.143. The molecule has 6 heteroatoms. The molecular formula is C14H15N3O3. The standard InChI is InChI=1S/C14H15N3O3/c1-20-13-5-4-11(18)7-12(13)16-9-14(19)17-10-3-2-6-15-8-10/h2-8,16,18H,9H2,1H3,(H,17,19). The first kappa shape index (κ1) is 13.7. The Bertz CT molecular complexity index is 587. The summed E-state index contributed by atoms with van der Waals surface area (Å²) in [7, 11) is 1.52. The lowest BCUT2D eigenvalue weighted by atomic mass is 10.2. The Morgan fingerprint density at radius 1 is 1.40 bits per heavy atom. The molecule has 1 amide bonds. The SMILES string of the molecule is COc1ccc(O)cc1NCC(=O)Nc1cccnc1. The maximum atomic E-state index is 11.8. The smallest absolute Gasteiger partial charge is 0.243 e. The van der Waals surface area contributed by atoms with Crippen LogP contribution in [0.4, 0.5) is 11.4 Å². The molecule has 20 heavy (non-hydrogen) atoms. The second-order valence-electron chi connectivity index (χ2n) is 4.03. The first-order valence-corrected chi connectivity index (χ1v) is 6.00. The van der Waals surface area contributed by atoms with Crippen LogP contribution in [0.3, 0.4) is 0 Å². The summed E-state index contributed by atoms with van der Waals surface area (Å²) in [6, 6.07) is 8.12. The van der Waals surface area contributed by atoms with E-state index < -0.39 is 0 Å². The van der Waals surface area contributed by atoms with E-state index in [-0.39, 0.29) is 18.2 Å². The van der Waals surface area contributed by atoms with Gasteiger partial charge in [0.25, 0.3) is 0 Å². The lowest BCUT2D eigenvalue weighted by molar-refractivity contribution is -0.114. The van der Waals surface area contributed by atoms with Crippen LogP contribution in [0.15, 0.2) is 42.7 Å². The van der Waals surface area contributed by atoms with Gasteiger partial charge in [-0.1, -0.05) is 0 Å². The van der Waals surface area contributed by atoms with Crippen molar-refractivity contribution in [1.29, 1.82) is 0 Å². The Balaban J connectivity index is 1.95. The van der Waals surface area contributed by atoms with Crippen LogP contribution in [0.2, 0.25) is 0 Å². The first-order chi connectivity index (χ1) is 9.69. The number of aromatic hydroxyl groups is 1. The maximum Gasteiger partial charge on any atom is 0.243 e. The summed E-state index contributed by atoms with van der Waals surface area (Å²) in [5.41, 5.74) is 1.18. The third-order valence-corrected chi connectivity index (χ3v) is 2.57. The van der Waals surface area contributed by atoms with E-state index in [0.29, 0.717) is 17.1 Å². The number of aromatic nitrogens is 1. The van der Waals surface area contributed by atoms with Crippen molar-refractivity contribution < 1.29 is 14.6 Å². The Morgan fingerprint density at radius 2 is 2.25 bits per heavy atom. The van der Waals surface area contributed by atoms with Crippen molar-refractivity contribution in [3.05, 3.63) is 42.7 Å². The quantitative estimate of drug-likeness (QED) is 0.774. The molecule has 0 aliphatic rings. The van der Waals surface area contributed by atoms with Gasteiger partial charge in [0, 0.05) is 12.3 Å². The normalized spacial score (nSPS) is 9.85. The summed E-state index contributed by atoms with van der Waals surface area (Å²) in [5.74, 6) is 0.432. The van der Waals surface area contributed by atoms with Crippen molar-refractivity contribution in [2.75, 3.05) is 24.3 Å². The Labute approximate surface area is 116 Å². The van der Waals surface area contributed by atoms with Gasteiger partial charge < -0.3 is 20.5 Å². The van der Waals surface area contributed by atoms with Crippen LogP contribution in [-0.2, 0) is 4.79 Å². The number of carbonyl (C=O) groups excluding carboxylic acids is 1. The van der Waals surface area contributed by atoms with E-state index in [2.05, 4.69) is 15.6 Å². The lowest BCUT2D eigenvalue weighted by Crippen LogP contribution is -2.22. The molecule has 0 saturated heterocycles. The van der Waals surface area contributed by atoms with Crippen LogP contribution in [0.5, 0.6) is 11.5 Å². The van der Waals surface area contributed by atoms with Crippen molar-refractivity contribution >= 4 is 17.3 Å². The molecule has 0 unspecified atom stereocenters. The molecule has 1 aromatic carbocycles. The van der Waals surface area contributed by atoms with Crippen LogP contribution >= 0.6 is 0 Å². The molecular weight excluding hydrogens is 258 g/mol. The average Bonchev–Trinajstić information content (AvgIpc) is 2.46. The molecule has 0 aliphatic heterocycles. The molecule has 0 bridgehead atoms. The molecule has 6 nitrogen and oxygen atoms in total. The third kappa shape index (κ3) is 3.61.